The lowest BCUT2D eigenvalue weighted by Gasteiger charge is -2.21. The molecular weight excluding hydrogens is 219 g/mol. The molecule has 2 nitrogen and oxygen atoms in total. The van der Waals surface area contributed by atoms with Gasteiger partial charge in [0.15, 0.2) is 5.78 Å². The normalized spacial score (nSPS) is 17.1. The van der Waals surface area contributed by atoms with E-state index in [9.17, 15) is 9.18 Å². The van der Waals surface area contributed by atoms with Crippen LogP contribution in [0.3, 0.4) is 0 Å². The van der Waals surface area contributed by atoms with Gasteiger partial charge in [0.05, 0.1) is 5.56 Å². The Morgan fingerprint density at radius 1 is 1.41 bits per heavy atom. The molecule has 2 rings (SSSR count). The highest BCUT2D eigenvalue weighted by molar-refractivity contribution is 5.96. The fraction of sp³-hybridized carbons (Fsp3) is 0.500. The number of carbonyl (C=O) groups is 1. The van der Waals surface area contributed by atoms with Crippen LogP contribution >= 0.6 is 0 Å². The quantitative estimate of drug-likeness (QED) is 0.754. The summed E-state index contributed by atoms with van der Waals surface area (Å²) in [5.41, 5.74) is 1.06. The third-order valence-corrected chi connectivity index (χ3v) is 3.24. The number of hydrogen-bond donors (Lipinski definition) is 0. The number of halogens is 1. The lowest BCUT2D eigenvalue weighted by Crippen LogP contribution is -2.19. The maximum atomic E-state index is 13.6. The number of rotatable bonds is 3. The molecule has 0 saturated carbocycles. The van der Waals surface area contributed by atoms with Gasteiger partial charge in [-0.15, -0.1) is 0 Å². The lowest BCUT2D eigenvalue weighted by molar-refractivity contribution is 0.0600. The van der Waals surface area contributed by atoms with Crippen LogP contribution in [0, 0.1) is 18.7 Å². The molecule has 0 atom stereocenters. The van der Waals surface area contributed by atoms with Crippen molar-refractivity contribution >= 4 is 5.78 Å². The van der Waals surface area contributed by atoms with Crippen LogP contribution in [0.25, 0.3) is 0 Å². The molecule has 1 aromatic rings. The second-order valence-electron chi connectivity index (χ2n) is 4.67. The zero-order valence-electron chi connectivity index (χ0n) is 10.0. The Balaban J connectivity index is 2.03. The summed E-state index contributed by atoms with van der Waals surface area (Å²) in [5.74, 6) is -0.145. The second kappa shape index (κ2) is 5.41. The Labute approximate surface area is 101 Å². The minimum Gasteiger partial charge on any atom is -0.381 e. The SMILES string of the molecule is Cc1ccc(C(=O)CC2CCOCC2)c(F)c1. The first kappa shape index (κ1) is 12.2. The summed E-state index contributed by atoms with van der Waals surface area (Å²) in [4.78, 5) is 12.0. The molecule has 0 radical (unpaired) electrons. The van der Waals surface area contributed by atoms with Gasteiger partial charge in [0.2, 0.25) is 0 Å². The van der Waals surface area contributed by atoms with Gasteiger partial charge in [0.25, 0.3) is 0 Å². The van der Waals surface area contributed by atoms with E-state index < -0.39 is 5.82 Å². The summed E-state index contributed by atoms with van der Waals surface area (Å²) in [7, 11) is 0. The van der Waals surface area contributed by atoms with Gasteiger partial charge < -0.3 is 4.74 Å². The third-order valence-electron chi connectivity index (χ3n) is 3.24. The van der Waals surface area contributed by atoms with Gasteiger partial charge in [0, 0.05) is 19.6 Å². The number of Topliss-reactive ketones (excluding diaryl/α,β-unsaturated/α-hetero) is 1. The molecule has 1 saturated heterocycles. The van der Waals surface area contributed by atoms with E-state index in [0.29, 0.717) is 25.6 Å². The van der Waals surface area contributed by atoms with E-state index in [1.807, 2.05) is 6.92 Å². The molecule has 1 aliphatic heterocycles. The van der Waals surface area contributed by atoms with Gasteiger partial charge in [-0.3, -0.25) is 4.79 Å². The minimum atomic E-state index is -0.401. The highest BCUT2D eigenvalue weighted by atomic mass is 19.1. The van der Waals surface area contributed by atoms with Crippen molar-refractivity contribution in [1.82, 2.24) is 0 Å². The van der Waals surface area contributed by atoms with Crippen LogP contribution in [-0.4, -0.2) is 19.0 Å². The van der Waals surface area contributed by atoms with Gasteiger partial charge in [-0.05, 0) is 43.4 Å². The molecule has 3 heteroatoms. The van der Waals surface area contributed by atoms with Gasteiger partial charge in [-0.2, -0.15) is 0 Å². The van der Waals surface area contributed by atoms with E-state index in [1.54, 1.807) is 12.1 Å². The first-order chi connectivity index (χ1) is 8.16. The Morgan fingerprint density at radius 2 is 2.12 bits per heavy atom. The molecule has 0 aliphatic carbocycles. The number of carbonyl (C=O) groups excluding carboxylic acids is 1. The van der Waals surface area contributed by atoms with Crippen LogP contribution in [-0.2, 0) is 4.74 Å². The number of aryl methyl sites for hydroxylation is 1. The molecule has 1 aliphatic rings. The average Bonchev–Trinajstić information content (AvgIpc) is 2.30. The molecule has 92 valence electrons. The predicted molar refractivity (Wildman–Crippen MR) is 63.6 cm³/mol. The first-order valence-electron chi connectivity index (χ1n) is 6.04. The highest BCUT2D eigenvalue weighted by Gasteiger charge is 2.20. The van der Waals surface area contributed by atoms with Crippen LogP contribution in [0.1, 0.15) is 35.2 Å². The molecule has 0 amide bonds. The van der Waals surface area contributed by atoms with Crippen molar-refractivity contribution in [3.8, 4) is 0 Å². The third kappa shape index (κ3) is 3.13. The van der Waals surface area contributed by atoms with Crippen molar-refractivity contribution in [3.05, 3.63) is 35.1 Å². The summed E-state index contributed by atoms with van der Waals surface area (Å²) in [5, 5.41) is 0. The zero-order chi connectivity index (χ0) is 12.3. The van der Waals surface area contributed by atoms with Crippen LogP contribution in [0.2, 0.25) is 0 Å². The van der Waals surface area contributed by atoms with E-state index in [-0.39, 0.29) is 11.3 Å². The lowest BCUT2D eigenvalue weighted by atomic mass is 9.91. The maximum absolute atomic E-state index is 13.6. The predicted octanol–water partition coefficient (Wildman–Crippen LogP) is 3.13. The van der Waals surface area contributed by atoms with Gasteiger partial charge in [-0.1, -0.05) is 6.07 Å². The molecule has 1 aromatic carbocycles. The zero-order valence-corrected chi connectivity index (χ0v) is 10.0. The molecule has 0 spiro atoms. The molecule has 0 aromatic heterocycles. The van der Waals surface area contributed by atoms with Crippen molar-refractivity contribution in [2.75, 3.05) is 13.2 Å². The average molecular weight is 236 g/mol. The van der Waals surface area contributed by atoms with Crippen molar-refractivity contribution < 1.29 is 13.9 Å². The molecular formula is C14H17FO2. The first-order valence-corrected chi connectivity index (χ1v) is 6.04. The molecule has 0 N–H and O–H groups in total. The fourth-order valence-electron chi connectivity index (χ4n) is 2.17. The summed E-state index contributed by atoms with van der Waals surface area (Å²) in [6, 6.07) is 4.78. The Hall–Kier alpha value is -1.22. The van der Waals surface area contributed by atoms with Crippen molar-refractivity contribution in [1.29, 1.82) is 0 Å². The summed E-state index contributed by atoms with van der Waals surface area (Å²) in [6.45, 7) is 3.25. The molecule has 1 heterocycles. The number of ketones is 1. The van der Waals surface area contributed by atoms with E-state index in [0.717, 1.165) is 18.4 Å². The van der Waals surface area contributed by atoms with Crippen LogP contribution < -0.4 is 0 Å². The summed E-state index contributed by atoms with van der Waals surface area (Å²) < 4.78 is 18.9. The van der Waals surface area contributed by atoms with Crippen LogP contribution in [0.5, 0.6) is 0 Å². The number of hydrogen-bond acceptors (Lipinski definition) is 2. The topological polar surface area (TPSA) is 26.3 Å². The summed E-state index contributed by atoms with van der Waals surface area (Å²) in [6.07, 6.45) is 2.24. The fourth-order valence-corrected chi connectivity index (χ4v) is 2.17. The van der Waals surface area contributed by atoms with E-state index in [4.69, 9.17) is 4.74 Å². The Kier molecular flexibility index (Phi) is 3.89. The standard InChI is InChI=1S/C14H17FO2/c1-10-2-3-12(13(15)8-10)14(16)9-11-4-6-17-7-5-11/h2-3,8,11H,4-7,9H2,1H3. The molecule has 0 bridgehead atoms. The largest absolute Gasteiger partial charge is 0.381 e. The second-order valence-corrected chi connectivity index (χ2v) is 4.67. The van der Waals surface area contributed by atoms with Crippen molar-refractivity contribution in [2.24, 2.45) is 5.92 Å². The molecule has 1 fully saturated rings. The van der Waals surface area contributed by atoms with Crippen LogP contribution in [0.4, 0.5) is 4.39 Å². The van der Waals surface area contributed by atoms with Gasteiger partial charge in [0.1, 0.15) is 5.82 Å². The van der Waals surface area contributed by atoms with Crippen molar-refractivity contribution in [3.63, 3.8) is 0 Å². The molecule has 0 unspecified atom stereocenters. The van der Waals surface area contributed by atoms with Gasteiger partial charge >= 0.3 is 0 Å². The van der Waals surface area contributed by atoms with Gasteiger partial charge in [-0.25, -0.2) is 4.39 Å². The monoisotopic (exact) mass is 236 g/mol. The summed E-state index contributed by atoms with van der Waals surface area (Å²) >= 11 is 0. The Bertz CT molecular complexity index is 409. The van der Waals surface area contributed by atoms with E-state index >= 15 is 0 Å². The minimum absolute atomic E-state index is 0.0885. The van der Waals surface area contributed by atoms with Crippen molar-refractivity contribution in [2.45, 2.75) is 26.2 Å². The van der Waals surface area contributed by atoms with Crippen LogP contribution in [0.15, 0.2) is 18.2 Å². The number of ether oxygens (including phenoxy) is 1. The number of benzene rings is 1. The van der Waals surface area contributed by atoms with E-state index in [2.05, 4.69) is 0 Å². The maximum Gasteiger partial charge on any atom is 0.166 e. The smallest absolute Gasteiger partial charge is 0.166 e. The Morgan fingerprint density at radius 3 is 2.76 bits per heavy atom. The highest BCUT2D eigenvalue weighted by Crippen LogP contribution is 2.22. The van der Waals surface area contributed by atoms with E-state index in [1.165, 1.54) is 6.07 Å². The molecule has 17 heavy (non-hydrogen) atoms.